The molecule has 2 fully saturated rings. The van der Waals surface area contributed by atoms with Crippen LogP contribution in [0.3, 0.4) is 0 Å². The van der Waals surface area contributed by atoms with Gasteiger partial charge in [-0.2, -0.15) is 0 Å². The van der Waals surface area contributed by atoms with Gasteiger partial charge in [0.25, 0.3) is 11.9 Å². The van der Waals surface area contributed by atoms with Crippen LogP contribution in [0.5, 0.6) is 11.5 Å². The molecular weight excluding hydrogens is 422 g/mol. The van der Waals surface area contributed by atoms with Crippen LogP contribution in [0, 0.1) is 10.1 Å². The SMILES string of the molecule is COc1cc(Cl)c([C@@H]2[C@@H]3CCCN3[C@]3(C(=O)Nc4ccccc43)[C@@H]2[N+](=O)[O-])cc1OC. The van der Waals surface area contributed by atoms with Gasteiger partial charge in [0.15, 0.2) is 17.0 Å². The minimum Gasteiger partial charge on any atom is -0.493 e. The van der Waals surface area contributed by atoms with Crippen LogP contribution in [0.25, 0.3) is 0 Å². The fourth-order valence-electron chi connectivity index (χ4n) is 5.87. The molecular formula is C22H22ClN3O5. The van der Waals surface area contributed by atoms with Gasteiger partial charge < -0.3 is 14.8 Å². The minimum absolute atomic E-state index is 0.192. The molecule has 2 aromatic rings. The summed E-state index contributed by atoms with van der Waals surface area (Å²) in [6.07, 6.45) is 1.60. The summed E-state index contributed by atoms with van der Waals surface area (Å²) in [5.74, 6) is -0.0253. The zero-order valence-corrected chi connectivity index (χ0v) is 17.9. The third kappa shape index (κ3) is 2.55. The number of fused-ring (bicyclic) bond motifs is 4. The van der Waals surface area contributed by atoms with Crippen LogP contribution in [-0.2, 0) is 10.3 Å². The Hall–Kier alpha value is -2.84. The van der Waals surface area contributed by atoms with Crippen LogP contribution in [0.4, 0.5) is 5.69 Å². The van der Waals surface area contributed by atoms with Gasteiger partial charge in [0.1, 0.15) is 0 Å². The Morgan fingerprint density at radius 3 is 2.65 bits per heavy atom. The molecule has 3 aliphatic heterocycles. The van der Waals surface area contributed by atoms with Crippen molar-refractivity contribution < 1.29 is 19.2 Å². The van der Waals surface area contributed by atoms with Gasteiger partial charge in [-0.1, -0.05) is 29.8 Å². The molecule has 1 N–H and O–H groups in total. The molecule has 0 aromatic heterocycles. The van der Waals surface area contributed by atoms with Crippen LogP contribution in [0.1, 0.15) is 29.9 Å². The fraction of sp³-hybridized carbons (Fsp3) is 0.409. The van der Waals surface area contributed by atoms with Crippen molar-refractivity contribution in [3.63, 3.8) is 0 Å². The van der Waals surface area contributed by atoms with Crippen molar-refractivity contribution in [1.82, 2.24) is 4.90 Å². The van der Waals surface area contributed by atoms with E-state index in [9.17, 15) is 14.9 Å². The number of nitrogens with one attached hydrogen (secondary N) is 1. The first-order valence-corrected chi connectivity index (χ1v) is 10.6. The summed E-state index contributed by atoms with van der Waals surface area (Å²) in [6.45, 7) is 0.609. The summed E-state index contributed by atoms with van der Waals surface area (Å²) >= 11 is 6.63. The lowest BCUT2D eigenvalue weighted by molar-refractivity contribution is -0.534. The number of ether oxygens (including phenoxy) is 2. The molecule has 0 bridgehead atoms. The van der Waals surface area contributed by atoms with Crippen molar-refractivity contribution >= 4 is 23.2 Å². The maximum atomic E-state index is 13.5. The molecule has 1 amide bonds. The van der Waals surface area contributed by atoms with Gasteiger partial charge in [0, 0.05) is 39.8 Å². The van der Waals surface area contributed by atoms with Crippen LogP contribution in [-0.4, -0.2) is 48.6 Å². The predicted molar refractivity (Wildman–Crippen MR) is 115 cm³/mol. The smallest absolute Gasteiger partial charge is 0.256 e. The van der Waals surface area contributed by atoms with E-state index in [1.54, 1.807) is 18.2 Å². The lowest BCUT2D eigenvalue weighted by Crippen LogP contribution is -2.55. The molecule has 3 heterocycles. The number of nitrogens with zero attached hydrogens (tertiary/aromatic N) is 2. The zero-order chi connectivity index (χ0) is 21.9. The van der Waals surface area contributed by atoms with E-state index in [1.165, 1.54) is 14.2 Å². The molecule has 2 saturated heterocycles. The standard InChI is InChI=1S/C22H22ClN3O5/c1-30-17-10-12(14(23)11-18(17)31-2)19-16-8-5-9-25(16)22(20(19)26(28)29)13-6-3-4-7-15(13)24-21(22)27/h3-4,6-7,10-11,16,19-20H,5,8-9H2,1-2H3,(H,24,27)/t16-,19+,20+,22-/m0/s1. The summed E-state index contributed by atoms with van der Waals surface area (Å²) in [5.41, 5.74) is 0.520. The fourth-order valence-corrected chi connectivity index (χ4v) is 6.15. The lowest BCUT2D eigenvalue weighted by atomic mass is 9.77. The zero-order valence-electron chi connectivity index (χ0n) is 17.1. The third-order valence-corrected chi connectivity index (χ3v) is 7.28. The Bertz CT molecular complexity index is 1090. The number of hydrogen-bond donors (Lipinski definition) is 1. The minimum atomic E-state index is -1.37. The van der Waals surface area contributed by atoms with E-state index in [-0.39, 0.29) is 16.9 Å². The molecule has 2 aromatic carbocycles. The first kappa shape index (κ1) is 20.1. The first-order chi connectivity index (χ1) is 14.9. The van der Waals surface area contributed by atoms with Gasteiger partial charge in [-0.15, -0.1) is 0 Å². The number of hydrogen-bond acceptors (Lipinski definition) is 6. The van der Waals surface area contributed by atoms with E-state index in [0.29, 0.717) is 39.9 Å². The lowest BCUT2D eigenvalue weighted by Gasteiger charge is -2.32. The second-order valence-corrected chi connectivity index (χ2v) is 8.56. The van der Waals surface area contributed by atoms with Crippen molar-refractivity contribution in [3.8, 4) is 11.5 Å². The van der Waals surface area contributed by atoms with Gasteiger partial charge in [-0.25, -0.2) is 0 Å². The number of carbonyl (C=O) groups is 1. The molecule has 1 spiro atoms. The molecule has 0 radical (unpaired) electrons. The third-order valence-electron chi connectivity index (χ3n) is 6.96. The molecule has 4 atom stereocenters. The highest BCUT2D eigenvalue weighted by molar-refractivity contribution is 6.31. The van der Waals surface area contributed by atoms with Crippen molar-refractivity contribution in [2.75, 3.05) is 26.1 Å². The van der Waals surface area contributed by atoms with E-state index >= 15 is 0 Å². The molecule has 0 aliphatic carbocycles. The number of halogens is 1. The molecule has 0 unspecified atom stereocenters. The van der Waals surface area contributed by atoms with Crippen LogP contribution in [0.2, 0.25) is 5.02 Å². The van der Waals surface area contributed by atoms with Crippen LogP contribution < -0.4 is 14.8 Å². The van der Waals surface area contributed by atoms with Crippen molar-refractivity contribution in [3.05, 3.63) is 62.7 Å². The Balaban J connectivity index is 1.76. The van der Waals surface area contributed by atoms with E-state index in [0.717, 1.165) is 12.8 Å². The van der Waals surface area contributed by atoms with Gasteiger partial charge in [0.2, 0.25) is 0 Å². The van der Waals surface area contributed by atoms with E-state index in [1.807, 2.05) is 23.1 Å². The number of nitro groups is 1. The highest BCUT2D eigenvalue weighted by atomic mass is 35.5. The number of para-hydroxylation sites is 1. The van der Waals surface area contributed by atoms with Crippen molar-refractivity contribution in [1.29, 1.82) is 0 Å². The van der Waals surface area contributed by atoms with E-state index in [4.69, 9.17) is 21.1 Å². The van der Waals surface area contributed by atoms with E-state index < -0.39 is 17.5 Å². The summed E-state index contributed by atoms with van der Waals surface area (Å²) < 4.78 is 10.8. The molecule has 5 rings (SSSR count). The second kappa shape index (κ2) is 7.10. The topological polar surface area (TPSA) is 93.9 Å². The van der Waals surface area contributed by atoms with Gasteiger partial charge in [-0.3, -0.25) is 19.8 Å². The van der Waals surface area contributed by atoms with E-state index in [2.05, 4.69) is 5.32 Å². The largest absolute Gasteiger partial charge is 0.493 e. The quantitative estimate of drug-likeness (QED) is 0.575. The number of carbonyl (C=O) groups excluding carboxylic acids is 1. The summed E-state index contributed by atoms with van der Waals surface area (Å²) in [4.78, 5) is 27.8. The highest BCUT2D eigenvalue weighted by Gasteiger charge is 2.73. The Morgan fingerprint density at radius 2 is 1.94 bits per heavy atom. The Morgan fingerprint density at radius 1 is 1.23 bits per heavy atom. The van der Waals surface area contributed by atoms with Gasteiger partial charge in [-0.05, 0) is 30.5 Å². The number of benzene rings is 2. The van der Waals surface area contributed by atoms with Crippen molar-refractivity contribution in [2.24, 2.45) is 0 Å². The molecule has 0 saturated carbocycles. The molecule has 9 heteroatoms. The predicted octanol–water partition coefficient (Wildman–Crippen LogP) is 3.41. The maximum Gasteiger partial charge on any atom is 0.256 e. The highest BCUT2D eigenvalue weighted by Crippen LogP contribution is 2.59. The monoisotopic (exact) mass is 443 g/mol. The van der Waals surface area contributed by atoms with Crippen LogP contribution in [0.15, 0.2) is 36.4 Å². The summed E-state index contributed by atoms with van der Waals surface area (Å²) in [5, 5.41) is 15.9. The first-order valence-electron chi connectivity index (χ1n) is 10.2. The summed E-state index contributed by atoms with van der Waals surface area (Å²) in [7, 11) is 3.02. The van der Waals surface area contributed by atoms with Gasteiger partial charge >= 0.3 is 0 Å². The molecule has 31 heavy (non-hydrogen) atoms. The number of methoxy groups -OCH3 is 2. The number of rotatable bonds is 4. The number of anilines is 1. The number of amides is 1. The summed E-state index contributed by atoms with van der Waals surface area (Å²) in [6, 6.07) is 9.20. The van der Waals surface area contributed by atoms with Gasteiger partial charge in [0.05, 0.1) is 20.1 Å². The average Bonchev–Trinajstić information content (AvgIpc) is 3.41. The second-order valence-electron chi connectivity index (χ2n) is 8.15. The van der Waals surface area contributed by atoms with Crippen LogP contribution >= 0.6 is 11.6 Å². The Kier molecular flexibility index (Phi) is 4.60. The Labute approximate surface area is 184 Å². The molecule has 3 aliphatic rings. The maximum absolute atomic E-state index is 13.5. The average molecular weight is 444 g/mol. The van der Waals surface area contributed by atoms with Crippen molar-refractivity contribution in [2.45, 2.75) is 36.4 Å². The normalized spacial score (nSPS) is 29.0. The molecule has 8 nitrogen and oxygen atoms in total. The molecule has 162 valence electrons.